The molecule has 4 nitrogen and oxygen atoms in total. The zero-order valence-corrected chi connectivity index (χ0v) is 15.6. The number of hydrogen-bond acceptors (Lipinski definition) is 3. The minimum Gasteiger partial charge on any atom is -0.456 e. The number of amides is 1. The maximum Gasteiger partial charge on any atom is 0.246 e. The molecule has 0 fully saturated rings. The van der Waals surface area contributed by atoms with Gasteiger partial charge in [0.2, 0.25) is 5.91 Å². The van der Waals surface area contributed by atoms with Crippen LogP contribution in [-0.2, 0) is 4.79 Å². The van der Waals surface area contributed by atoms with Gasteiger partial charge in [0.15, 0.2) is 0 Å². The highest BCUT2D eigenvalue weighted by atomic mass is 35.5. The van der Waals surface area contributed by atoms with E-state index in [1.807, 2.05) is 12.1 Å². The van der Waals surface area contributed by atoms with E-state index < -0.39 is 29.3 Å². The van der Waals surface area contributed by atoms with Crippen molar-refractivity contribution in [1.82, 2.24) is 0 Å². The topological polar surface area (TPSA) is 50.4 Å². The van der Waals surface area contributed by atoms with Gasteiger partial charge in [0.05, 0.1) is 5.02 Å². The first kappa shape index (κ1) is 19.6. The molecule has 1 amide bonds. The Hall–Kier alpha value is -3.12. The van der Waals surface area contributed by atoms with Crippen molar-refractivity contribution in [3.8, 4) is 11.5 Å². The first-order chi connectivity index (χ1) is 13.4. The van der Waals surface area contributed by atoms with Crippen LogP contribution in [0.15, 0.2) is 66.7 Å². The molecule has 3 aromatic rings. The van der Waals surface area contributed by atoms with E-state index in [4.69, 9.17) is 16.3 Å². The second-order valence-electron chi connectivity index (χ2n) is 6.01. The molecule has 0 aliphatic carbocycles. The molecule has 3 rings (SSSR count). The van der Waals surface area contributed by atoms with Crippen LogP contribution >= 0.6 is 11.6 Å². The van der Waals surface area contributed by atoms with Crippen LogP contribution in [0.25, 0.3) is 0 Å². The smallest absolute Gasteiger partial charge is 0.246 e. The Morgan fingerprint density at radius 1 is 0.964 bits per heavy atom. The predicted molar refractivity (Wildman–Crippen MR) is 106 cm³/mol. The first-order valence-corrected chi connectivity index (χ1v) is 8.85. The predicted octanol–water partition coefficient (Wildman–Crippen LogP) is 5.85. The number of rotatable bonds is 6. The van der Waals surface area contributed by atoms with E-state index in [9.17, 15) is 13.6 Å². The highest BCUT2D eigenvalue weighted by molar-refractivity contribution is 6.32. The SMILES string of the molecule is C[C@H](Nc1ccc(Oc2ccccc2Cl)cc1)C(=O)Nc1c(F)cccc1F. The van der Waals surface area contributed by atoms with Crippen LogP contribution in [-0.4, -0.2) is 11.9 Å². The maximum absolute atomic E-state index is 13.7. The molecular weight excluding hydrogens is 386 g/mol. The van der Waals surface area contributed by atoms with Crippen molar-refractivity contribution in [2.45, 2.75) is 13.0 Å². The Labute approximate surface area is 166 Å². The number of halogens is 3. The lowest BCUT2D eigenvalue weighted by molar-refractivity contribution is -0.116. The van der Waals surface area contributed by atoms with Gasteiger partial charge in [0.25, 0.3) is 0 Å². The van der Waals surface area contributed by atoms with Crippen molar-refractivity contribution >= 4 is 28.9 Å². The summed E-state index contributed by atoms with van der Waals surface area (Å²) in [4.78, 5) is 12.2. The molecule has 0 aliphatic rings. The lowest BCUT2D eigenvalue weighted by atomic mass is 10.2. The zero-order valence-electron chi connectivity index (χ0n) is 14.9. The molecule has 0 saturated heterocycles. The minimum absolute atomic E-state index is 0.468. The molecule has 28 heavy (non-hydrogen) atoms. The first-order valence-electron chi connectivity index (χ1n) is 8.48. The van der Waals surface area contributed by atoms with Crippen LogP contribution in [0.5, 0.6) is 11.5 Å². The van der Waals surface area contributed by atoms with Crippen molar-refractivity contribution in [1.29, 1.82) is 0 Å². The van der Waals surface area contributed by atoms with Gasteiger partial charge in [0, 0.05) is 5.69 Å². The quantitative estimate of drug-likeness (QED) is 0.543. The largest absolute Gasteiger partial charge is 0.456 e. The summed E-state index contributed by atoms with van der Waals surface area (Å²) in [6.07, 6.45) is 0. The Balaban J connectivity index is 1.62. The Morgan fingerprint density at radius 2 is 1.61 bits per heavy atom. The normalized spacial score (nSPS) is 11.6. The molecule has 0 spiro atoms. The van der Waals surface area contributed by atoms with E-state index in [-0.39, 0.29) is 0 Å². The third kappa shape index (κ3) is 4.78. The van der Waals surface area contributed by atoms with E-state index >= 15 is 0 Å². The third-order valence-corrected chi connectivity index (χ3v) is 4.22. The fourth-order valence-electron chi connectivity index (χ4n) is 2.44. The number of benzene rings is 3. The average Bonchev–Trinajstić information content (AvgIpc) is 2.68. The van der Waals surface area contributed by atoms with Gasteiger partial charge in [-0.3, -0.25) is 4.79 Å². The summed E-state index contributed by atoms with van der Waals surface area (Å²) in [5, 5.41) is 5.72. The fraction of sp³-hybridized carbons (Fsp3) is 0.0952. The number of para-hydroxylation sites is 2. The second-order valence-corrected chi connectivity index (χ2v) is 6.42. The number of ether oxygens (including phenoxy) is 1. The third-order valence-electron chi connectivity index (χ3n) is 3.91. The average molecular weight is 403 g/mol. The summed E-state index contributed by atoms with van der Waals surface area (Å²) in [5.74, 6) is -1.13. The van der Waals surface area contributed by atoms with E-state index in [2.05, 4.69) is 10.6 Å². The molecule has 0 aromatic heterocycles. The van der Waals surface area contributed by atoms with Crippen molar-refractivity contribution < 1.29 is 18.3 Å². The van der Waals surface area contributed by atoms with Gasteiger partial charge in [0.1, 0.15) is 34.9 Å². The van der Waals surface area contributed by atoms with Gasteiger partial charge in [-0.25, -0.2) is 8.78 Å². The van der Waals surface area contributed by atoms with E-state index in [1.54, 1.807) is 43.3 Å². The summed E-state index contributed by atoms with van der Waals surface area (Å²) in [6.45, 7) is 1.59. The molecule has 0 saturated carbocycles. The Bertz CT molecular complexity index is 960. The highest BCUT2D eigenvalue weighted by Gasteiger charge is 2.17. The summed E-state index contributed by atoms with van der Waals surface area (Å²) < 4.78 is 33.0. The van der Waals surface area contributed by atoms with Crippen LogP contribution < -0.4 is 15.4 Å². The van der Waals surface area contributed by atoms with Crippen LogP contribution in [0.2, 0.25) is 5.02 Å². The van der Waals surface area contributed by atoms with Crippen LogP contribution in [0.1, 0.15) is 6.92 Å². The molecule has 0 bridgehead atoms. The molecule has 2 N–H and O–H groups in total. The molecule has 0 heterocycles. The molecule has 0 aliphatic heterocycles. The van der Waals surface area contributed by atoms with Gasteiger partial charge in [-0.05, 0) is 55.5 Å². The Morgan fingerprint density at radius 3 is 2.25 bits per heavy atom. The van der Waals surface area contributed by atoms with Crippen molar-refractivity contribution in [3.05, 3.63) is 83.4 Å². The van der Waals surface area contributed by atoms with Crippen molar-refractivity contribution in [3.63, 3.8) is 0 Å². The lowest BCUT2D eigenvalue weighted by Gasteiger charge is -2.16. The monoisotopic (exact) mass is 402 g/mol. The van der Waals surface area contributed by atoms with Gasteiger partial charge >= 0.3 is 0 Å². The van der Waals surface area contributed by atoms with Gasteiger partial charge < -0.3 is 15.4 Å². The summed E-state index contributed by atoms with van der Waals surface area (Å²) in [7, 11) is 0. The molecule has 144 valence electrons. The molecule has 3 aromatic carbocycles. The number of carbonyl (C=O) groups excluding carboxylic acids is 1. The summed E-state index contributed by atoms with van der Waals surface area (Å²) in [6, 6.07) is 16.6. The maximum atomic E-state index is 13.7. The Kier molecular flexibility index (Phi) is 6.11. The van der Waals surface area contributed by atoms with Crippen LogP contribution in [0.3, 0.4) is 0 Å². The highest BCUT2D eigenvalue weighted by Crippen LogP contribution is 2.29. The number of nitrogens with one attached hydrogen (secondary N) is 2. The fourth-order valence-corrected chi connectivity index (χ4v) is 2.61. The van der Waals surface area contributed by atoms with E-state index in [0.717, 1.165) is 12.1 Å². The van der Waals surface area contributed by atoms with Gasteiger partial charge in [-0.1, -0.05) is 29.8 Å². The van der Waals surface area contributed by atoms with Crippen LogP contribution in [0.4, 0.5) is 20.2 Å². The standard InChI is InChI=1S/C21H17ClF2N2O2/c1-13(21(27)26-20-17(23)6-4-7-18(20)24)25-14-9-11-15(12-10-14)28-19-8-3-2-5-16(19)22/h2-13,25H,1H3,(H,26,27)/t13-/m0/s1. The van der Waals surface area contributed by atoms with E-state index in [1.165, 1.54) is 6.07 Å². The van der Waals surface area contributed by atoms with Crippen LogP contribution in [0, 0.1) is 11.6 Å². The molecule has 1 atom stereocenters. The van der Waals surface area contributed by atoms with Gasteiger partial charge in [-0.2, -0.15) is 0 Å². The zero-order chi connectivity index (χ0) is 20.1. The number of carbonyl (C=O) groups is 1. The van der Waals surface area contributed by atoms with Crippen molar-refractivity contribution in [2.24, 2.45) is 0 Å². The minimum atomic E-state index is -0.832. The molecule has 0 radical (unpaired) electrons. The number of hydrogen-bond donors (Lipinski definition) is 2. The summed E-state index contributed by atoms with van der Waals surface area (Å²) in [5.41, 5.74) is 0.174. The van der Waals surface area contributed by atoms with E-state index in [0.29, 0.717) is 22.2 Å². The molecule has 7 heteroatoms. The molecule has 0 unspecified atom stereocenters. The van der Waals surface area contributed by atoms with Gasteiger partial charge in [-0.15, -0.1) is 0 Å². The summed E-state index contributed by atoms with van der Waals surface area (Å²) >= 11 is 6.06. The second kappa shape index (κ2) is 8.71. The number of anilines is 2. The molecular formula is C21H17ClF2N2O2. The lowest BCUT2D eigenvalue weighted by Crippen LogP contribution is -2.32. The van der Waals surface area contributed by atoms with Crippen molar-refractivity contribution in [2.75, 3.05) is 10.6 Å².